The molecule has 0 bridgehead atoms. The second kappa shape index (κ2) is 12.2. The number of benzene rings is 5. The molecular formula is C37H36N2O2. The van der Waals surface area contributed by atoms with Crippen LogP contribution in [0.4, 0.5) is 0 Å². The lowest BCUT2D eigenvalue weighted by atomic mass is 9.75. The van der Waals surface area contributed by atoms with Crippen LogP contribution in [-0.2, 0) is 22.5 Å². The van der Waals surface area contributed by atoms with Crippen LogP contribution in [0, 0.1) is 0 Å². The molecule has 4 heteroatoms. The minimum atomic E-state index is -0.949. The highest BCUT2D eigenvalue weighted by Crippen LogP contribution is 2.42. The van der Waals surface area contributed by atoms with Crippen molar-refractivity contribution in [3.05, 3.63) is 173 Å². The predicted molar refractivity (Wildman–Crippen MR) is 165 cm³/mol. The fourth-order valence-electron chi connectivity index (χ4n) is 5.79. The average Bonchev–Trinajstić information content (AvgIpc) is 3.04. The number of para-hydroxylation sites is 1. The first-order valence-corrected chi connectivity index (χ1v) is 13.9. The molecule has 0 aliphatic heterocycles. The number of rotatable bonds is 10. The molecule has 41 heavy (non-hydrogen) atoms. The topological polar surface area (TPSA) is 41.6 Å². The Morgan fingerprint density at radius 1 is 0.634 bits per heavy atom. The Balaban J connectivity index is 1.79. The van der Waals surface area contributed by atoms with Crippen LogP contribution < -0.4 is 10.1 Å². The van der Waals surface area contributed by atoms with E-state index in [4.69, 9.17) is 4.74 Å². The van der Waals surface area contributed by atoms with Crippen molar-refractivity contribution < 1.29 is 9.53 Å². The number of carbonyl (C=O) groups is 1. The molecule has 1 atom stereocenters. The van der Waals surface area contributed by atoms with Crippen LogP contribution in [0.5, 0.6) is 5.75 Å². The summed E-state index contributed by atoms with van der Waals surface area (Å²) in [4.78, 5) is 15.6. The standard InChI is InChI=1S/C37H36N2O2/c1-29(40)39(28-30-18-16-17-27-35(30)41-3)36(2,31-19-8-4-9-20-31)38-37(32-21-10-5-11-22-32,33-23-12-6-13-24-33)34-25-14-7-15-26-34/h4-27,38H,28H2,1-3H3. The monoisotopic (exact) mass is 540 g/mol. The fourth-order valence-corrected chi connectivity index (χ4v) is 5.79. The maximum atomic E-state index is 13.7. The summed E-state index contributed by atoms with van der Waals surface area (Å²) in [5.41, 5.74) is 3.36. The van der Waals surface area contributed by atoms with Crippen molar-refractivity contribution >= 4 is 5.91 Å². The van der Waals surface area contributed by atoms with E-state index in [2.05, 4.69) is 97.2 Å². The van der Waals surface area contributed by atoms with Gasteiger partial charge in [0.1, 0.15) is 11.4 Å². The van der Waals surface area contributed by atoms with Crippen molar-refractivity contribution in [3.63, 3.8) is 0 Å². The van der Waals surface area contributed by atoms with Gasteiger partial charge in [-0.15, -0.1) is 0 Å². The fraction of sp³-hybridized carbons (Fsp3) is 0.162. The van der Waals surface area contributed by atoms with E-state index in [-0.39, 0.29) is 5.91 Å². The lowest BCUT2D eigenvalue weighted by molar-refractivity contribution is -0.138. The normalized spacial score (nSPS) is 12.8. The van der Waals surface area contributed by atoms with Gasteiger partial charge in [0.25, 0.3) is 0 Å². The summed E-state index contributed by atoms with van der Waals surface area (Å²) in [6, 6.07) is 49.5. The third kappa shape index (κ3) is 5.52. The van der Waals surface area contributed by atoms with Crippen LogP contribution in [-0.4, -0.2) is 17.9 Å². The molecule has 0 spiro atoms. The van der Waals surface area contributed by atoms with Gasteiger partial charge in [0.2, 0.25) is 5.91 Å². The van der Waals surface area contributed by atoms with Gasteiger partial charge in [-0.3, -0.25) is 10.1 Å². The first kappa shape index (κ1) is 27.9. The smallest absolute Gasteiger partial charge is 0.221 e. The molecule has 0 saturated heterocycles. The van der Waals surface area contributed by atoms with Gasteiger partial charge >= 0.3 is 0 Å². The Hall–Kier alpha value is -4.67. The summed E-state index contributed by atoms with van der Waals surface area (Å²) in [5.74, 6) is 0.687. The van der Waals surface area contributed by atoms with E-state index in [9.17, 15) is 4.79 Å². The van der Waals surface area contributed by atoms with Crippen LogP contribution in [0.15, 0.2) is 146 Å². The van der Waals surface area contributed by atoms with Crippen molar-refractivity contribution in [1.29, 1.82) is 0 Å². The molecule has 4 nitrogen and oxygen atoms in total. The first-order chi connectivity index (χ1) is 20.0. The summed E-state index contributed by atoms with van der Waals surface area (Å²) >= 11 is 0. The molecule has 0 saturated carbocycles. The van der Waals surface area contributed by atoms with Gasteiger partial charge in [0.05, 0.1) is 19.2 Å². The zero-order valence-corrected chi connectivity index (χ0v) is 23.8. The Bertz CT molecular complexity index is 1460. The highest BCUT2D eigenvalue weighted by atomic mass is 16.5. The number of carbonyl (C=O) groups excluding carboxylic acids is 1. The second-order valence-electron chi connectivity index (χ2n) is 10.3. The summed E-state index contributed by atoms with van der Waals surface area (Å²) < 4.78 is 5.69. The van der Waals surface area contributed by atoms with Crippen molar-refractivity contribution in [2.75, 3.05) is 7.11 Å². The predicted octanol–water partition coefficient (Wildman–Crippen LogP) is 7.50. The van der Waals surface area contributed by atoms with Gasteiger partial charge in [0.15, 0.2) is 0 Å². The van der Waals surface area contributed by atoms with Crippen LogP contribution in [0.25, 0.3) is 0 Å². The van der Waals surface area contributed by atoms with Gasteiger partial charge < -0.3 is 9.64 Å². The van der Waals surface area contributed by atoms with E-state index in [0.29, 0.717) is 6.54 Å². The zero-order valence-electron chi connectivity index (χ0n) is 23.8. The largest absolute Gasteiger partial charge is 0.496 e. The number of nitrogens with one attached hydrogen (secondary N) is 1. The molecule has 1 N–H and O–H groups in total. The lowest BCUT2D eigenvalue weighted by Crippen LogP contribution is -2.62. The van der Waals surface area contributed by atoms with Crippen molar-refractivity contribution in [1.82, 2.24) is 10.2 Å². The quantitative estimate of drug-likeness (QED) is 0.147. The molecule has 0 aliphatic rings. The second-order valence-corrected chi connectivity index (χ2v) is 10.3. The number of nitrogens with zero attached hydrogens (tertiary/aromatic N) is 1. The maximum Gasteiger partial charge on any atom is 0.221 e. The summed E-state index contributed by atoms with van der Waals surface area (Å²) in [5, 5.41) is 4.11. The number of methoxy groups -OCH3 is 1. The van der Waals surface area contributed by atoms with Crippen molar-refractivity contribution in [3.8, 4) is 5.75 Å². The minimum Gasteiger partial charge on any atom is -0.496 e. The molecule has 5 aromatic rings. The highest BCUT2D eigenvalue weighted by Gasteiger charge is 2.46. The minimum absolute atomic E-state index is 0.0576. The molecule has 5 rings (SSSR count). The molecular weight excluding hydrogens is 504 g/mol. The molecule has 0 heterocycles. The van der Waals surface area contributed by atoms with E-state index in [0.717, 1.165) is 33.6 Å². The van der Waals surface area contributed by atoms with Gasteiger partial charge in [0, 0.05) is 12.5 Å². The zero-order chi connectivity index (χ0) is 28.7. The van der Waals surface area contributed by atoms with Crippen LogP contribution in [0.3, 0.4) is 0 Å². The van der Waals surface area contributed by atoms with Gasteiger partial charge in [-0.25, -0.2) is 0 Å². The summed E-state index contributed by atoms with van der Waals surface area (Å²) in [6.45, 7) is 4.09. The van der Waals surface area contributed by atoms with Crippen LogP contribution in [0.2, 0.25) is 0 Å². The van der Waals surface area contributed by atoms with E-state index in [1.54, 1.807) is 14.0 Å². The molecule has 0 fully saturated rings. The molecule has 5 aromatic carbocycles. The Morgan fingerprint density at radius 2 is 1.02 bits per heavy atom. The Morgan fingerprint density at radius 3 is 1.44 bits per heavy atom. The van der Waals surface area contributed by atoms with E-state index < -0.39 is 11.2 Å². The molecule has 1 amide bonds. The highest BCUT2D eigenvalue weighted by molar-refractivity contribution is 5.75. The third-order valence-corrected chi connectivity index (χ3v) is 7.83. The molecule has 1 unspecified atom stereocenters. The van der Waals surface area contributed by atoms with Crippen molar-refractivity contribution in [2.24, 2.45) is 0 Å². The average molecular weight is 541 g/mol. The Labute approximate surface area is 243 Å². The van der Waals surface area contributed by atoms with Crippen molar-refractivity contribution in [2.45, 2.75) is 31.6 Å². The number of ether oxygens (including phenoxy) is 1. The summed E-state index contributed by atoms with van der Waals surface area (Å²) in [6.07, 6.45) is 0. The first-order valence-electron chi connectivity index (χ1n) is 13.9. The molecule has 206 valence electrons. The van der Waals surface area contributed by atoms with Crippen LogP contribution in [0.1, 0.15) is 41.7 Å². The van der Waals surface area contributed by atoms with Crippen LogP contribution >= 0.6 is 0 Å². The maximum absolute atomic E-state index is 13.7. The van der Waals surface area contributed by atoms with Gasteiger partial charge in [-0.1, -0.05) is 140 Å². The van der Waals surface area contributed by atoms with E-state index in [1.165, 1.54) is 0 Å². The van der Waals surface area contributed by atoms with E-state index >= 15 is 0 Å². The van der Waals surface area contributed by atoms with Gasteiger partial charge in [-0.2, -0.15) is 0 Å². The van der Waals surface area contributed by atoms with E-state index in [1.807, 2.05) is 65.6 Å². The lowest BCUT2D eigenvalue weighted by Gasteiger charge is -2.50. The molecule has 0 radical (unpaired) electrons. The number of hydrogen-bond acceptors (Lipinski definition) is 3. The summed E-state index contributed by atoms with van der Waals surface area (Å²) in [7, 11) is 1.66. The SMILES string of the molecule is COc1ccccc1CN(C(C)=O)C(C)(NC(c1ccccc1)(c1ccccc1)c1ccccc1)c1ccccc1. The molecule has 0 aliphatic carbocycles. The Kier molecular flexibility index (Phi) is 8.32. The third-order valence-electron chi connectivity index (χ3n) is 7.83. The molecule has 0 aromatic heterocycles. The van der Waals surface area contributed by atoms with Gasteiger partial charge in [-0.05, 0) is 35.2 Å². The number of amides is 1. The number of hydrogen-bond donors (Lipinski definition) is 1.